The Labute approximate surface area is 123 Å². The van der Waals surface area contributed by atoms with E-state index in [0.717, 1.165) is 0 Å². The van der Waals surface area contributed by atoms with Crippen LogP contribution >= 0.6 is 0 Å². The van der Waals surface area contributed by atoms with Crippen molar-refractivity contribution in [2.45, 2.75) is 33.7 Å². The van der Waals surface area contributed by atoms with Crippen LogP contribution in [0.15, 0.2) is 18.2 Å². The van der Waals surface area contributed by atoms with Crippen molar-refractivity contribution in [2.24, 2.45) is 5.41 Å². The molecule has 0 saturated heterocycles. The van der Waals surface area contributed by atoms with Crippen LogP contribution in [0.4, 0.5) is 16.2 Å². The second-order valence-electron chi connectivity index (χ2n) is 5.96. The van der Waals surface area contributed by atoms with Gasteiger partial charge in [0.25, 0.3) is 5.69 Å². The minimum atomic E-state index is -0.472. The molecular weight excluding hydrogens is 274 g/mol. The van der Waals surface area contributed by atoms with Crippen LogP contribution in [0.5, 0.6) is 0 Å². The number of hydrogen-bond donors (Lipinski definition) is 3. The van der Waals surface area contributed by atoms with Gasteiger partial charge in [-0.15, -0.1) is 0 Å². The zero-order valence-corrected chi connectivity index (χ0v) is 12.6. The van der Waals surface area contributed by atoms with E-state index in [1.165, 1.54) is 18.2 Å². The standard InChI is InChI=1S/C14H21N3O4/c1-9-7-10(5-6-11(9)17(20)21)15-13(19)16-12(8-18)14(2,3)4/h5-7,12,18H,8H2,1-4H3,(H2,15,16,19)/t12-/m1/s1. The number of nitrogens with one attached hydrogen (secondary N) is 2. The molecule has 1 aromatic rings. The van der Waals surface area contributed by atoms with Gasteiger partial charge in [0.15, 0.2) is 0 Å². The maximum atomic E-state index is 11.9. The summed E-state index contributed by atoms with van der Waals surface area (Å²) in [5.74, 6) is 0. The van der Waals surface area contributed by atoms with E-state index < -0.39 is 17.0 Å². The second-order valence-corrected chi connectivity index (χ2v) is 5.96. The molecule has 0 heterocycles. The lowest BCUT2D eigenvalue weighted by Gasteiger charge is -2.29. The number of carbonyl (C=O) groups excluding carboxylic acids is 1. The van der Waals surface area contributed by atoms with E-state index in [0.29, 0.717) is 11.3 Å². The summed E-state index contributed by atoms with van der Waals surface area (Å²) < 4.78 is 0. The van der Waals surface area contributed by atoms with E-state index >= 15 is 0 Å². The molecule has 0 aromatic heterocycles. The maximum absolute atomic E-state index is 11.9. The molecule has 2 amide bonds. The van der Waals surface area contributed by atoms with Crippen molar-refractivity contribution in [3.8, 4) is 0 Å². The fourth-order valence-corrected chi connectivity index (χ4v) is 1.80. The summed E-state index contributed by atoms with van der Waals surface area (Å²) in [4.78, 5) is 22.1. The van der Waals surface area contributed by atoms with Crippen molar-refractivity contribution >= 4 is 17.4 Å². The molecule has 116 valence electrons. The second kappa shape index (κ2) is 6.53. The van der Waals surface area contributed by atoms with Crippen molar-refractivity contribution in [1.82, 2.24) is 5.32 Å². The van der Waals surface area contributed by atoms with E-state index in [1.54, 1.807) is 6.92 Å². The van der Waals surface area contributed by atoms with Crippen LogP contribution in [0, 0.1) is 22.5 Å². The quantitative estimate of drug-likeness (QED) is 0.586. The Morgan fingerprint density at radius 1 is 1.43 bits per heavy atom. The molecule has 0 aliphatic rings. The van der Waals surface area contributed by atoms with Gasteiger partial charge >= 0.3 is 6.03 Å². The largest absolute Gasteiger partial charge is 0.394 e. The number of anilines is 1. The third kappa shape index (κ3) is 4.71. The fraction of sp³-hybridized carbons (Fsp3) is 0.500. The molecule has 0 aliphatic heterocycles. The van der Waals surface area contributed by atoms with Gasteiger partial charge in [0, 0.05) is 17.3 Å². The summed E-state index contributed by atoms with van der Waals surface area (Å²) in [7, 11) is 0. The zero-order valence-electron chi connectivity index (χ0n) is 12.6. The van der Waals surface area contributed by atoms with Crippen LogP contribution < -0.4 is 10.6 Å². The van der Waals surface area contributed by atoms with Crippen LogP contribution in [0.3, 0.4) is 0 Å². The summed E-state index contributed by atoms with van der Waals surface area (Å²) in [6.45, 7) is 7.15. The summed E-state index contributed by atoms with van der Waals surface area (Å²) in [5, 5.41) is 25.3. The number of rotatable bonds is 4. The summed E-state index contributed by atoms with van der Waals surface area (Å²) in [5.41, 5.74) is 0.648. The molecule has 0 unspecified atom stereocenters. The first kappa shape index (κ1) is 16.9. The molecule has 1 aromatic carbocycles. The van der Waals surface area contributed by atoms with Gasteiger partial charge in [0.1, 0.15) is 0 Å². The number of carbonyl (C=O) groups is 1. The van der Waals surface area contributed by atoms with Crippen LogP contribution in [-0.2, 0) is 0 Å². The lowest BCUT2D eigenvalue weighted by molar-refractivity contribution is -0.385. The van der Waals surface area contributed by atoms with Crippen molar-refractivity contribution in [3.63, 3.8) is 0 Å². The molecule has 0 radical (unpaired) electrons. The number of aliphatic hydroxyl groups is 1. The highest BCUT2D eigenvalue weighted by molar-refractivity contribution is 5.89. The Morgan fingerprint density at radius 3 is 2.48 bits per heavy atom. The highest BCUT2D eigenvalue weighted by atomic mass is 16.6. The summed E-state index contributed by atoms with van der Waals surface area (Å²) in [6, 6.07) is 3.49. The van der Waals surface area contributed by atoms with Crippen molar-refractivity contribution in [3.05, 3.63) is 33.9 Å². The monoisotopic (exact) mass is 295 g/mol. The number of aliphatic hydroxyl groups excluding tert-OH is 1. The lowest BCUT2D eigenvalue weighted by Crippen LogP contribution is -2.47. The number of hydrogen-bond acceptors (Lipinski definition) is 4. The predicted molar refractivity (Wildman–Crippen MR) is 80.3 cm³/mol. The Hall–Kier alpha value is -2.15. The van der Waals surface area contributed by atoms with Crippen molar-refractivity contribution < 1.29 is 14.8 Å². The fourth-order valence-electron chi connectivity index (χ4n) is 1.80. The smallest absolute Gasteiger partial charge is 0.319 e. The molecule has 0 bridgehead atoms. The van der Waals surface area contributed by atoms with Gasteiger partial charge < -0.3 is 15.7 Å². The first-order valence-electron chi connectivity index (χ1n) is 6.58. The van der Waals surface area contributed by atoms with Crippen molar-refractivity contribution in [1.29, 1.82) is 0 Å². The van der Waals surface area contributed by atoms with Gasteiger partial charge in [-0.25, -0.2) is 4.79 Å². The zero-order chi connectivity index (χ0) is 16.2. The molecular formula is C14H21N3O4. The Kier molecular flexibility index (Phi) is 5.26. The van der Waals surface area contributed by atoms with Gasteiger partial charge in [0.05, 0.1) is 17.6 Å². The van der Waals surface area contributed by atoms with Gasteiger partial charge in [-0.3, -0.25) is 10.1 Å². The number of benzene rings is 1. The van der Waals surface area contributed by atoms with E-state index in [-0.39, 0.29) is 17.7 Å². The van der Waals surface area contributed by atoms with Crippen LogP contribution in [-0.4, -0.2) is 28.7 Å². The minimum Gasteiger partial charge on any atom is -0.394 e. The predicted octanol–water partition coefficient (Wildman–Crippen LogP) is 2.43. The molecule has 21 heavy (non-hydrogen) atoms. The van der Waals surface area contributed by atoms with Gasteiger partial charge in [0.2, 0.25) is 0 Å². The van der Waals surface area contributed by atoms with Crippen LogP contribution in [0.2, 0.25) is 0 Å². The summed E-state index contributed by atoms with van der Waals surface area (Å²) in [6.07, 6.45) is 0. The molecule has 7 heteroatoms. The SMILES string of the molecule is Cc1cc(NC(=O)N[C@H](CO)C(C)(C)C)ccc1[N+](=O)[O-]. The van der Waals surface area contributed by atoms with E-state index in [2.05, 4.69) is 10.6 Å². The molecule has 7 nitrogen and oxygen atoms in total. The minimum absolute atomic E-state index is 0.00360. The Morgan fingerprint density at radius 2 is 2.05 bits per heavy atom. The van der Waals surface area contributed by atoms with E-state index in [9.17, 15) is 20.0 Å². The molecule has 0 saturated carbocycles. The first-order chi connectivity index (χ1) is 9.65. The number of aryl methyl sites for hydroxylation is 1. The average Bonchev–Trinajstić information content (AvgIpc) is 2.34. The number of amides is 2. The van der Waals surface area contributed by atoms with Crippen LogP contribution in [0.25, 0.3) is 0 Å². The Balaban J connectivity index is 2.75. The van der Waals surface area contributed by atoms with Gasteiger partial charge in [-0.2, -0.15) is 0 Å². The third-order valence-electron chi connectivity index (χ3n) is 3.18. The normalized spacial score (nSPS) is 12.6. The van der Waals surface area contributed by atoms with Crippen LogP contribution in [0.1, 0.15) is 26.3 Å². The molecule has 3 N–H and O–H groups in total. The average molecular weight is 295 g/mol. The maximum Gasteiger partial charge on any atom is 0.319 e. The van der Waals surface area contributed by atoms with Crippen molar-refractivity contribution in [2.75, 3.05) is 11.9 Å². The molecule has 0 spiro atoms. The molecule has 0 aliphatic carbocycles. The highest BCUT2D eigenvalue weighted by Crippen LogP contribution is 2.22. The highest BCUT2D eigenvalue weighted by Gasteiger charge is 2.25. The third-order valence-corrected chi connectivity index (χ3v) is 3.18. The number of nitro benzene ring substituents is 1. The Bertz CT molecular complexity index is 538. The lowest BCUT2D eigenvalue weighted by atomic mass is 9.87. The molecule has 1 rings (SSSR count). The summed E-state index contributed by atoms with van der Waals surface area (Å²) >= 11 is 0. The number of nitrogens with zero attached hydrogens (tertiary/aromatic N) is 1. The topological polar surface area (TPSA) is 104 Å². The van der Waals surface area contributed by atoms with Gasteiger partial charge in [-0.1, -0.05) is 20.8 Å². The molecule has 1 atom stereocenters. The van der Waals surface area contributed by atoms with E-state index in [4.69, 9.17) is 0 Å². The molecule has 0 fully saturated rings. The number of urea groups is 1. The van der Waals surface area contributed by atoms with E-state index in [1.807, 2.05) is 20.8 Å². The number of nitro groups is 1. The first-order valence-corrected chi connectivity index (χ1v) is 6.58. The van der Waals surface area contributed by atoms with Gasteiger partial charge in [-0.05, 0) is 24.5 Å².